The summed E-state index contributed by atoms with van der Waals surface area (Å²) in [6.45, 7) is 1.29. The minimum atomic E-state index is -4.35. The molecule has 2 fully saturated rings. The van der Waals surface area contributed by atoms with Crippen LogP contribution in [-0.2, 0) is 22.9 Å². The van der Waals surface area contributed by atoms with E-state index in [0.29, 0.717) is 38.0 Å². The van der Waals surface area contributed by atoms with Crippen molar-refractivity contribution in [1.29, 1.82) is 0 Å². The van der Waals surface area contributed by atoms with Crippen LogP contribution in [0.2, 0.25) is 0 Å². The van der Waals surface area contributed by atoms with Crippen LogP contribution in [0.15, 0.2) is 24.3 Å². The molecule has 1 aliphatic carbocycles. The number of hydrogen-bond acceptors (Lipinski definition) is 3. The van der Waals surface area contributed by atoms with Crippen molar-refractivity contribution < 1.29 is 21.6 Å². The fourth-order valence-electron chi connectivity index (χ4n) is 4.59. The molecule has 0 bridgehead atoms. The maximum Gasteiger partial charge on any atom is 0.416 e. The second kappa shape index (κ2) is 9.54. The van der Waals surface area contributed by atoms with Crippen molar-refractivity contribution >= 4 is 10.2 Å². The first-order chi connectivity index (χ1) is 14.1. The molecule has 3 rings (SSSR count). The van der Waals surface area contributed by atoms with Crippen LogP contribution in [0.3, 0.4) is 0 Å². The van der Waals surface area contributed by atoms with Gasteiger partial charge in [0.25, 0.3) is 10.2 Å². The summed E-state index contributed by atoms with van der Waals surface area (Å²) in [6, 6.07) is 5.63. The predicted octanol–water partition coefficient (Wildman–Crippen LogP) is 4.11. The molecule has 170 valence electrons. The van der Waals surface area contributed by atoms with Gasteiger partial charge in [0, 0.05) is 38.8 Å². The molecule has 0 amide bonds. The van der Waals surface area contributed by atoms with E-state index in [-0.39, 0.29) is 12.1 Å². The van der Waals surface area contributed by atoms with Crippen LogP contribution >= 0.6 is 0 Å². The Hall–Kier alpha value is -1.16. The molecule has 9 heteroatoms. The Morgan fingerprint density at radius 2 is 1.63 bits per heavy atom. The molecule has 0 N–H and O–H groups in total. The van der Waals surface area contributed by atoms with Crippen LogP contribution in [0, 0.1) is 0 Å². The molecule has 1 saturated heterocycles. The van der Waals surface area contributed by atoms with E-state index in [9.17, 15) is 21.6 Å². The molecule has 0 spiro atoms. The molecule has 0 unspecified atom stereocenters. The molecule has 5 nitrogen and oxygen atoms in total. The highest BCUT2D eigenvalue weighted by atomic mass is 32.2. The van der Waals surface area contributed by atoms with Crippen molar-refractivity contribution in [3.05, 3.63) is 35.4 Å². The van der Waals surface area contributed by atoms with Crippen LogP contribution in [0.1, 0.15) is 56.1 Å². The maximum atomic E-state index is 13.0. The number of piperidine rings is 1. The molecular weight excluding hydrogens is 415 g/mol. The Morgan fingerprint density at radius 1 is 1.00 bits per heavy atom. The van der Waals surface area contributed by atoms with Crippen molar-refractivity contribution in [3.63, 3.8) is 0 Å². The standard InChI is InChI=1S/C21H32F3N3O2S/c1-25(16-17-7-6-8-18(15-17)21(22,23)24)19-11-13-27(14-12-19)30(28,29)26(2)20-9-4-3-5-10-20/h6-8,15,19-20H,3-5,9-14,16H2,1-2H3. The second-order valence-corrected chi connectivity index (χ2v) is 10.5. The van der Waals surface area contributed by atoms with Crippen molar-refractivity contribution in [1.82, 2.24) is 13.5 Å². The fourth-order valence-corrected chi connectivity index (χ4v) is 6.22. The predicted molar refractivity (Wildman–Crippen MR) is 111 cm³/mol. The lowest BCUT2D eigenvalue weighted by Crippen LogP contribution is -2.51. The van der Waals surface area contributed by atoms with E-state index in [0.717, 1.165) is 31.7 Å². The van der Waals surface area contributed by atoms with Gasteiger partial charge in [-0.3, -0.25) is 4.90 Å². The quantitative estimate of drug-likeness (QED) is 0.659. The Labute approximate surface area is 178 Å². The zero-order valence-electron chi connectivity index (χ0n) is 17.7. The Kier molecular flexibility index (Phi) is 7.48. The van der Waals surface area contributed by atoms with Gasteiger partial charge in [0.15, 0.2) is 0 Å². The summed E-state index contributed by atoms with van der Waals surface area (Å²) in [5, 5.41) is 0. The van der Waals surface area contributed by atoms with Crippen LogP contribution in [0.5, 0.6) is 0 Å². The number of benzene rings is 1. The topological polar surface area (TPSA) is 43.9 Å². The Balaban J connectivity index is 1.56. The smallest absolute Gasteiger partial charge is 0.299 e. The Bertz CT molecular complexity index is 802. The number of alkyl halides is 3. The Morgan fingerprint density at radius 3 is 2.23 bits per heavy atom. The summed E-state index contributed by atoms with van der Waals surface area (Å²) in [7, 11) is 0.115. The molecule has 0 aromatic heterocycles. The molecular formula is C21H32F3N3O2S. The van der Waals surface area contributed by atoms with Crippen molar-refractivity contribution in [2.24, 2.45) is 0 Å². The fraction of sp³-hybridized carbons (Fsp3) is 0.714. The van der Waals surface area contributed by atoms with Crippen LogP contribution in [-0.4, -0.2) is 61.2 Å². The molecule has 1 aromatic rings. The van der Waals surface area contributed by atoms with E-state index in [4.69, 9.17) is 0 Å². The SMILES string of the molecule is CN(Cc1cccc(C(F)(F)F)c1)C1CCN(S(=O)(=O)N(C)C2CCCCC2)CC1. The van der Waals surface area contributed by atoms with Gasteiger partial charge in [0.05, 0.1) is 5.56 Å². The molecule has 0 atom stereocenters. The average molecular weight is 448 g/mol. The van der Waals surface area contributed by atoms with E-state index < -0.39 is 21.9 Å². The van der Waals surface area contributed by atoms with E-state index >= 15 is 0 Å². The first-order valence-corrected chi connectivity index (χ1v) is 12.1. The lowest BCUT2D eigenvalue weighted by molar-refractivity contribution is -0.137. The minimum absolute atomic E-state index is 0.0880. The van der Waals surface area contributed by atoms with Gasteiger partial charge in [-0.05, 0) is 44.4 Å². The third kappa shape index (κ3) is 5.55. The number of hydrogen-bond donors (Lipinski definition) is 0. The highest BCUT2D eigenvalue weighted by Gasteiger charge is 2.36. The monoisotopic (exact) mass is 447 g/mol. The van der Waals surface area contributed by atoms with Gasteiger partial charge in [-0.25, -0.2) is 0 Å². The minimum Gasteiger partial charge on any atom is -0.299 e. The average Bonchev–Trinajstić information content (AvgIpc) is 2.73. The molecule has 2 aliphatic rings. The van der Waals surface area contributed by atoms with Crippen molar-refractivity contribution in [2.75, 3.05) is 27.2 Å². The second-order valence-electron chi connectivity index (χ2n) is 8.56. The van der Waals surface area contributed by atoms with Crippen LogP contribution in [0.25, 0.3) is 0 Å². The van der Waals surface area contributed by atoms with E-state index in [2.05, 4.69) is 0 Å². The van der Waals surface area contributed by atoms with E-state index in [1.807, 2.05) is 11.9 Å². The summed E-state index contributed by atoms with van der Waals surface area (Å²) in [5.41, 5.74) is -0.0283. The third-order valence-corrected chi connectivity index (χ3v) is 8.56. The van der Waals surface area contributed by atoms with E-state index in [1.54, 1.807) is 21.7 Å². The number of nitrogens with zero attached hydrogens (tertiary/aromatic N) is 3. The largest absolute Gasteiger partial charge is 0.416 e. The van der Waals surface area contributed by atoms with Crippen molar-refractivity contribution in [2.45, 2.75) is 69.8 Å². The summed E-state index contributed by atoms with van der Waals surface area (Å²) in [4.78, 5) is 2.03. The highest BCUT2D eigenvalue weighted by molar-refractivity contribution is 7.86. The zero-order valence-corrected chi connectivity index (χ0v) is 18.6. The van der Waals surface area contributed by atoms with Crippen LogP contribution < -0.4 is 0 Å². The lowest BCUT2D eigenvalue weighted by Gasteiger charge is -2.39. The molecule has 1 heterocycles. The van der Waals surface area contributed by atoms with Gasteiger partial charge in [-0.15, -0.1) is 0 Å². The highest BCUT2D eigenvalue weighted by Crippen LogP contribution is 2.30. The van der Waals surface area contributed by atoms with Gasteiger partial charge in [0.1, 0.15) is 0 Å². The number of rotatable bonds is 6. The van der Waals surface area contributed by atoms with Gasteiger partial charge < -0.3 is 0 Å². The molecule has 0 radical (unpaired) electrons. The van der Waals surface area contributed by atoms with Gasteiger partial charge >= 0.3 is 6.18 Å². The van der Waals surface area contributed by atoms with E-state index in [1.165, 1.54) is 18.6 Å². The zero-order chi connectivity index (χ0) is 21.9. The van der Waals surface area contributed by atoms with Crippen LogP contribution in [0.4, 0.5) is 13.2 Å². The first kappa shape index (κ1) is 23.5. The summed E-state index contributed by atoms with van der Waals surface area (Å²) in [5.74, 6) is 0. The molecule has 30 heavy (non-hydrogen) atoms. The van der Waals surface area contributed by atoms with Gasteiger partial charge in [-0.2, -0.15) is 30.2 Å². The molecule has 1 saturated carbocycles. The normalized spacial score (nSPS) is 20.9. The maximum absolute atomic E-state index is 13.0. The third-order valence-electron chi connectivity index (χ3n) is 6.51. The summed E-state index contributed by atoms with van der Waals surface area (Å²) in [6.07, 6.45) is 2.17. The lowest BCUT2D eigenvalue weighted by atomic mass is 9.96. The summed E-state index contributed by atoms with van der Waals surface area (Å²) >= 11 is 0. The van der Waals surface area contributed by atoms with Gasteiger partial charge in [0.2, 0.25) is 0 Å². The molecule has 1 aromatic carbocycles. The first-order valence-electron chi connectivity index (χ1n) is 10.7. The van der Waals surface area contributed by atoms with Crippen molar-refractivity contribution in [3.8, 4) is 0 Å². The molecule has 1 aliphatic heterocycles. The van der Waals surface area contributed by atoms with Gasteiger partial charge in [-0.1, -0.05) is 37.5 Å². The summed E-state index contributed by atoms with van der Waals surface area (Å²) < 4.78 is 68.0. The number of halogens is 3.